The summed E-state index contributed by atoms with van der Waals surface area (Å²) in [5, 5.41) is 21.0. The van der Waals surface area contributed by atoms with Gasteiger partial charge in [-0.05, 0) is 45.0 Å². The fourth-order valence-corrected chi connectivity index (χ4v) is 2.54. The van der Waals surface area contributed by atoms with Crippen molar-refractivity contribution in [3.63, 3.8) is 0 Å². The molecule has 20 heavy (non-hydrogen) atoms. The lowest BCUT2D eigenvalue weighted by molar-refractivity contribution is 0.318. The molecule has 2 aromatic rings. The van der Waals surface area contributed by atoms with E-state index in [4.69, 9.17) is 15.4 Å². The van der Waals surface area contributed by atoms with Crippen molar-refractivity contribution in [1.82, 2.24) is 15.2 Å². The van der Waals surface area contributed by atoms with Gasteiger partial charge >= 0.3 is 0 Å². The molecule has 0 aliphatic carbocycles. The molecule has 2 rings (SSSR count). The Balaban J connectivity index is 2.49. The summed E-state index contributed by atoms with van der Waals surface area (Å²) in [6.07, 6.45) is 0. The maximum Gasteiger partial charge on any atom is 0.262 e. The Morgan fingerprint density at radius 2 is 1.90 bits per heavy atom. The average Bonchev–Trinajstić information content (AvgIpc) is 2.72. The standard InChI is InChI=1S/C12H15N5O2S/c1-5-6(2)15-16-11(9(5)10(13)17-18)20-12-14-7(3)8(4)19-12/h18H,1-4H3,(H2,13,17). The van der Waals surface area contributed by atoms with Gasteiger partial charge in [-0.2, -0.15) is 5.10 Å². The minimum absolute atomic E-state index is 0.0111. The van der Waals surface area contributed by atoms with Crippen LogP contribution in [0.2, 0.25) is 0 Å². The number of nitrogens with zero attached hydrogens (tertiary/aromatic N) is 4. The highest BCUT2D eigenvalue weighted by molar-refractivity contribution is 7.99. The second kappa shape index (κ2) is 5.49. The zero-order chi connectivity index (χ0) is 14.9. The summed E-state index contributed by atoms with van der Waals surface area (Å²) >= 11 is 1.19. The molecule has 2 aromatic heterocycles. The maximum atomic E-state index is 8.91. The summed E-state index contributed by atoms with van der Waals surface area (Å²) < 4.78 is 5.50. The van der Waals surface area contributed by atoms with Gasteiger partial charge in [0.25, 0.3) is 5.22 Å². The number of hydrogen-bond acceptors (Lipinski definition) is 7. The van der Waals surface area contributed by atoms with Gasteiger partial charge in [-0.25, -0.2) is 4.98 Å². The monoisotopic (exact) mass is 293 g/mol. The van der Waals surface area contributed by atoms with Crippen LogP contribution in [-0.4, -0.2) is 26.2 Å². The smallest absolute Gasteiger partial charge is 0.262 e. The molecule has 0 spiro atoms. The quantitative estimate of drug-likeness (QED) is 0.385. The number of hydrogen-bond donors (Lipinski definition) is 2. The molecule has 0 atom stereocenters. The summed E-state index contributed by atoms with van der Waals surface area (Å²) in [7, 11) is 0. The van der Waals surface area contributed by atoms with Crippen molar-refractivity contribution in [3.05, 3.63) is 28.3 Å². The number of oxazole rings is 1. The minimum Gasteiger partial charge on any atom is -0.436 e. The van der Waals surface area contributed by atoms with Crippen molar-refractivity contribution in [3.8, 4) is 0 Å². The van der Waals surface area contributed by atoms with E-state index in [2.05, 4.69) is 20.3 Å². The molecule has 2 heterocycles. The van der Waals surface area contributed by atoms with E-state index in [1.54, 1.807) is 0 Å². The first-order chi connectivity index (χ1) is 9.43. The Kier molecular flexibility index (Phi) is 3.93. The normalized spacial score (nSPS) is 11.9. The first-order valence-electron chi connectivity index (χ1n) is 5.87. The van der Waals surface area contributed by atoms with Crippen molar-refractivity contribution in [2.45, 2.75) is 37.9 Å². The van der Waals surface area contributed by atoms with Crippen LogP contribution in [-0.2, 0) is 0 Å². The average molecular weight is 293 g/mol. The zero-order valence-electron chi connectivity index (χ0n) is 11.6. The number of amidine groups is 1. The van der Waals surface area contributed by atoms with Crippen LogP contribution < -0.4 is 5.73 Å². The van der Waals surface area contributed by atoms with Crippen LogP contribution in [0.25, 0.3) is 0 Å². The van der Waals surface area contributed by atoms with Crippen LogP contribution in [0, 0.1) is 27.7 Å². The van der Waals surface area contributed by atoms with Crippen LogP contribution in [0.1, 0.15) is 28.3 Å². The highest BCUT2D eigenvalue weighted by atomic mass is 32.2. The summed E-state index contributed by atoms with van der Waals surface area (Å²) in [4.78, 5) is 4.27. The Hall–Kier alpha value is -2.09. The van der Waals surface area contributed by atoms with E-state index in [0.29, 0.717) is 15.8 Å². The molecule has 106 valence electrons. The van der Waals surface area contributed by atoms with E-state index >= 15 is 0 Å². The van der Waals surface area contributed by atoms with E-state index in [-0.39, 0.29) is 5.84 Å². The molecule has 0 aliphatic heterocycles. The van der Waals surface area contributed by atoms with Gasteiger partial charge in [0.2, 0.25) is 0 Å². The van der Waals surface area contributed by atoms with E-state index in [9.17, 15) is 0 Å². The van der Waals surface area contributed by atoms with Gasteiger partial charge in [-0.3, -0.25) is 0 Å². The SMILES string of the molecule is Cc1nc(Sc2nnc(C)c(C)c2C(N)=NO)oc1C. The maximum absolute atomic E-state index is 8.91. The van der Waals surface area contributed by atoms with Crippen molar-refractivity contribution < 1.29 is 9.62 Å². The molecule has 0 saturated heterocycles. The predicted octanol–water partition coefficient (Wildman–Crippen LogP) is 1.94. The molecule has 0 radical (unpaired) electrons. The van der Waals surface area contributed by atoms with E-state index in [1.807, 2.05) is 27.7 Å². The fourth-order valence-electron chi connectivity index (χ4n) is 1.58. The summed E-state index contributed by atoms with van der Waals surface area (Å²) in [5.41, 5.74) is 8.60. The molecular formula is C12H15N5O2S. The largest absolute Gasteiger partial charge is 0.436 e. The molecule has 0 unspecified atom stereocenters. The van der Waals surface area contributed by atoms with Gasteiger partial charge in [-0.15, -0.1) is 5.10 Å². The molecular weight excluding hydrogens is 278 g/mol. The van der Waals surface area contributed by atoms with Gasteiger partial charge in [0, 0.05) is 0 Å². The van der Waals surface area contributed by atoms with Crippen LogP contribution in [0.15, 0.2) is 19.8 Å². The molecule has 7 nitrogen and oxygen atoms in total. The van der Waals surface area contributed by atoms with Crippen LogP contribution >= 0.6 is 11.8 Å². The first-order valence-corrected chi connectivity index (χ1v) is 6.69. The highest BCUT2D eigenvalue weighted by Crippen LogP contribution is 2.30. The molecule has 0 aromatic carbocycles. The van der Waals surface area contributed by atoms with Crippen molar-refractivity contribution in [1.29, 1.82) is 0 Å². The lowest BCUT2D eigenvalue weighted by Crippen LogP contribution is -2.18. The predicted molar refractivity (Wildman–Crippen MR) is 74.1 cm³/mol. The number of oxime groups is 1. The highest BCUT2D eigenvalue weighted by Gasteiger charge is 2.18. The molecule has 8 heteroatoms. The van der Waals surface area contributed by atoms with Gasteiger partial charge in [0.15, 0.2) is 5.84 Å². The third-order valence-corrected chi connectivity index (χ3v) is 3.81. The molecule has 0 aliphatic rings. The van der Waals surface area contributed by atoms with E-state index in [1.165, 1.54) is 11.8 Å². The third-order valence-electron chi connectivity index (χ3n) is 2.98. The van der Waals surface area contributed by atoms with Gasteiger partial charge in [0.05, 0.1) is 17.0 Å². The van der Waals surface area contributed by atoms with Crippen LogP contribution in [0.5, 0.6) is 0 Å². The number of aryl methyl sites for hydroxylation is 3. The van der Waals surface area contributed by atoms with Gasteiger partial charge < -0.3 is 15.4 Å². The Morgan fingerprint density at radius 1 is 1.20 bits per heavy atom. The fraction of sp³-hybridized carbons (Fsp3) is 0.333. The van der Waals surface area contributed by atoms with Crippen molar-refractivity contribution in [2.24, 2.45) is 10.9 Å². The minimum atomic E-state index is -0.0111. The Labute approximate surface area is 120 Å². The van der Waals surface area contributed by atoms with E-state index in [0.717, 1.165) is 22.7 Å². The number of rotatable bonds is 3. The van der Waals surface area contributed by atoms with Gasteiger partial charge in [0.1, 0.15) is 10.8 Å². The zero-order valence-corrected chi connectivity index (χ0v) is 12.4. The first kappa shape index (κ1) is 14.3. The number of nitrogens with two attached hydrogens (primary N) is 1. The third kappa shape index (κ3) is 2.60. The Bertz CT molecular complexity index is 661. The summed E-state index contributed by atoms with van der Waals surface area (Å²) in [6, 6.07) is 0. The second-order valence-electron chi connectivity index (χ2n) is 4.30. The Morgan fingerprint density at radius 3 is 2.45 bits per heavy atom. The van der Waals surface area contributed by atoms with Crippen molar-refractivity contribution in [2.75, 3.05) is 0 Å². The lowest BCUT2D eigenvalue weighted by Gasteiger charge is -2.09. The van der Waals surface area contributed by atoms with Crippen molar-refractivity contribution >= 4 is 17.6 Å². The summed E-state index contributed by atoms with van der Waals surface area (Å²) in [5.74, 6) is 0.734. The number of aromatic nitrogens is 3. The molecule has 0 bridgehead atoms. The topological polar surface area (TPSA) is 110 Å². The molecule has 0 saturated carbocycles. The van der Waals surface area contributed by atoms with Crippen LogP contribution in [0.3, 0.4) is 0 Å². The molecule has 0 amide bonds. The summed E-state index contributed by atoms with van der Waals surface area (Å²) in [6.45, 7) is 7.35. The molecule has 3 N–H and O–H groups in total. The molecule has 0 fully saturated rings. The van der Waals surface area contributed by atoms with E-state index < -0.39 is 0 Å². The lowest BCUT2D eigenvalue weighted by atomic mass is 10.1. The van der Waals surface area contributed by atoms with Crippen LogP contribution in [0.4, 0.5) is 0 Å². The van der Waals surface area contributed by atoms with Gasteiger partial charge in [-0.1, -0.05) is 5.16 Å². The second-order valence-corrected chi connectivity index (χ2v) is 5.24.